The number of amides is 2. The van der Waals surface area contributed by atoms with Crippen molar-refractivity contribution in [1.82, 2.24) is 15.1 Å². The van der Waals surface area contributed by atoms with Crippen molar-refractivity contribution in [3.8, 4) is 0 Å². The minimum absolute atomic E-state index is 0.0669. The van der Waals surface area contributed by atoms with Crippen molar-refractivity contribution in [3.63, 3.8) is 0 Å². The summed E-state index contributed by atoms with van der Waals surface area (Å²) >= 11 is 0. The number of rotatable bonds is 11. The number of nitrogens with zero attached hydrogens (tertiary/aromatic N) is 2. The van der Waals surface area contributed by atoms with Gasteiger partial charge in [-0.25, -0.2) is 8.78 Å². The second kappa shape index (κ2) is 13.6. The average Bonchev–Trinajstić information content (AvgIpc) is 2.97. The normalized spacial score (nSPS) is 15.8. The van der Waals surface area contributed by atoms with Crippen molar-refractivity contribution in [2.45, 2.75) is 37.6 Å². The molecular formula is C32H37F2N3O3. The third-order valence-corrected chi connectivity index (χ3v) is 7.78. The molecule has 3 aromatic carbocycles. The summed E-state index contributed by atoms with van der Waals surface area (Å²) in [4.78, 5) is 29.2. The zero-order valence-electron chi connectivity index (χ0n) is 22.9. The Morgan fingerprint density at radius 3 is 2.23 bits per heavy atom. The maximum atomic E-state index is 14.3. The number of likely N-dealkylation sites (tertiary alicyclic amines) is 1. The molecule has 4 rings (SSSR count). The summed E-state index contributed by atoms with van der Waals surface area (Å²) in [5, 5.41) is 12.9. The van der Waals surface area contributed by atoms with Crippen molar-refractivity contribution in [3.05, 3.63) is 107 Å². The molecule has 40 heavy (non-hydrogen) atoms. The second-order valence-electron chi connectivity index (χ2n) is 10.5. The van der Waals surface area contributed by atoms with Crippen LogP contribution in [0.1, 0.15) is 53.6 Å². The van der Waals surface area contributed by atoms with Crippen molar-refractivity contribution in [2.75, 3.05) is 39.3 Å². The number of aliphatic hydroxyl groups excluding tert-OH is 1. The molecule has 0 saturated carbocycles. The van der Waals surface area contributed by atoms with Crippen LogP contribution in [0.25, 0.3) is 0 Å². The molecule has 0 bridgehead atoms. The lowest BCUT2D eigenvalue weighted by Crippen LogP contribution is -2.52. The lowest BCUT2D eigenvalue weighted by atomic mass is 9.80. The largest absolute Gasteiger partial charge is 0.395 e. The summed E-state index contributed by atoms with van der Waals surface area (Å²) in [5.74, 6) is -2.40. The number of piperidine rings is 1. The third kappa shape index (κ3) is 7.31. The van der Waals surface area contributed by atoms with E-state index in [9.17, 15) is 23.5 Å². The maximum absolute atomic E-state index is 14.3. The molecule has 1 atom stereocenters. The Bertz CT molecular complexity index is 1260. The molecule has 1 aliphatic rings. The fraction of sp³-hybridized carbons (Fsp3) is 0.375. The molecule has 1 aliphatic heterocycles. The van der Waals surface area contributed by atoms with Gasteiger partial charge in [0.1, 0.15) is 0 Å². The van der Waals surface area contributed by atoms with Crippen LogP contribution in [0.2, 0.25) is 0 Å². The first-order chi connectivity index (χ1) is 19.3. The molecule has 0 radical (unpaired) electrons. The fourth-order valence-electron chi connectivity index (χ4n) is 5.63. The number of aliphatic hydroxyl groups is 1. The quantitative estimate of drug-likeness (QED) is 0.364. The van der Waals surface area contributed by atoms with Gasteiger partial charge in [-0.2, -0.15) is 0 Å². The van der Waals surface area contributed by atoms with Crippen LogP contribution in [-0.2, 0) is 10.3 Å². The van der Waals surface area contributed by atoms with Gasteiger partial charge in [-0.05, 0) is 61.2 Å². The van der Waals surface area contributed by atoms with E-state index in [1.165, 1.54) is 6.07 Å². The van der Waals surface area contributed by atoms with Gasteiger partial charge in [0.2, 0.25) is 5.91 Å². The first-order valence-corrected chi connectivity index (χ1v) is 13.8. The first kappa shape index (κ1) is 29.4. The van der Waals surface area contributed by atoms with Crippen LogP contribution >= 0.6 is 0 Å². The van der Waals surface area contributed by atoms with E-state index in [1.807, 2.05) is 36.4 Å². The van der Waals surface area contributed by atoms with E-state index >= 15 is 0 Å². The van der Waals surface area contributed by atoms with E-state index in [2.05, 4.69) is 10.2 Å². The molecule has 2 amide bonds. The van der Waals surface area contributed by atoms with Gasteiger partial charge >= 0.3 is 0 Å². The standard InChI is InChI=1S/C32H37F2N3O3/c1-24(39)35-32(28-10-6-3-7-11-28)15-18-36(19-16-32)17-14-27(26-12-13-29(33)30(34)22-26)23-37(20-21-38)31(40)25-8-4-2-5-9-25/h2-13,22,27,38H,14-21,23H2,1H3,(H,35,39). The molecular weight excluding hydrogens is 512 g/mol. The predicted molar refractivity (Wildman–Crippen MR) is 151 cm³/mol. The summed E-state index contributed by atoms with van der Waals surface area (Å²) in [5.41, 5.74) is 1.77. The van der Waals surface area contributed by atoms with Gasteiger partial charge in [-0.15, -0.1) is 0 Å². The molecule has 212 valence electrons. The van der Waals surface area contributed by atoms with E-state index in [-0.39, 0.29) is 37.4 Å². The van der Waals surface area contributed by atoms with Gasteiger partial charge in [-0.1, -0.05) is 54.6 Å². The van der Waals surface area contributed by atoms with Crippen molar-refractivity contribution >= 4 is 11.8 Å². The highest BCUT2D eigenvalue weighted by atomic mass is 19.2. The molecule has 1 saturated heterocycles. The molecule has 1 fully saturated rings. The number of carbonyl (C=O) groups excluding carboxylic acids is 2. The van der Waals surface area contributed by atoms with Crippen LogP contribution in [-0.4, -0.2) is 66.1 Å². The van der Waals surface area contributed by atoms with E-state index in [1.54, 1.807) is 42.2 Å². The Balaban J connectivity index is 1.49. The van der Waals surface area contributed by atoms with Crippen LogP contribution in [0.15, 0.2) is 78.9 Å². The lowest BCUT2D eigenvalue weighted by molar-refractivity contribution is -0.121. The molecule has 0 aromatic heterocycles. The van der Waals surface area contributed by atoms with E-state index in [4.69, 9.17) is 0 Å². The Labute approximate surface area is 234 Å². The summed E-state index contributed by atoms with van der Waals surface area (Å²) in [6.07, 6.45) is 2.10. The van der Waals surface area contributed by atoms with Gasteiger partial charge in [0.15, 0.2) is 11.6 Å². The van der Waals surface area contributed by atoms with Gasteiger partial charge < -0.3 is 20.2 Å². The second-order valence-corrected chi connectivity index (χ2v) is 10.5. The molecule has 0 spiro atoms. The summed E-state index contributed by atoms with van der Waals surface area (Å²) < 4.78 is 28.0. The number of benzene rings is 3. The number of halogens is 2. The number of carbonyl (C=O) groups is 2. The lowest BCUT2D eigenvalue weighted by Gasteiger charge is -2.43. The fourth-order valence-corrected chi connectivity index (χ4v) is 5.63. The minimum atomic E-state index is -0.925. The summed E-state index contributed by atoms with van der Waals surface area (Å²) in [7, 11) is 0. The average molecular weight is 550 g/mol. The van der Waals surface area contributed by atoms with E-state index in [0.29, 0.717) is 24.1 Å². The molecule has 0 aliphatic carbocycles. The number of nitrogens with one attached hydrogen (secondary N) is 1. The van der Waals surface area contributed by atoms with E-state index in [0.717, 1.165) is 37.6 Å². The molecule has 6 nitrogen and oxygen atoms in total. The first-order valence-electron chi connectivity index (χ1n) is 13.8. The SMILES string of the molecule is CC(=O)NC1(c2ccccc2)CCN(CCC(CN(CCO)C(=O)c2ccccc2)c2ccc(F)c(F)c2)CC1. The van der Waals surface area contributed by atoms with Crippen molar-refractivity contribution in [1.29, 1.82) is 0 Å². The zero-order valence-corrected chi connectivity index (χ0v) is 22.9. The topological polar surface area (TPSA) is 72.9 Å². The van der Waals surface area contributed by atoms with E-state index < -0.39 is 17.2 Å². The van der Waals surface area contributed by atoms with Crippen LogP contribution in [0.5, 0.6) is 0 Å². The highest BCUT2D eigenvalue weighted by Gasteiger charge is 2.37. The molecule has 2 N–H and O–H groups in total. The van der Waals surface area contributed by atoms with Gasteiger partial charge in [-0.3, -0.25) is 9.59 Å². The Morgan fingerprint density at radius 2 is 1.62 bits per heavy atom. The predicted octanol–water partition coefficient (Wildman–Crippen LogP) is 4.70. The van der Waals surface area contributed by atoms with Gasteiger partial charge in [0, 0.05) is 44.6 Å². The highest BCUT2D eigenvalue weighted by molar-refractivity contribution is 5.94. The maximum Gasteiger partial charge on any atom is 0.253 e. The third-order valence-electron chi connectivity index (χ3n) is 7.78. The Morgan fingerprint density at radius 1 is 0.975 bits per heavy atom. The highest BCUT2D eigenvalue weighted by Crippen LogP contribution is 2.34. The van der Waals surface area contributed by atoms with Crippen LogP contribution < -0.4 is 5.32 Å². The van der Waals surface area contributed by atoms with Crippen LogP contribution in [0.3, 0.4) is 0 Å². The Kier molecular flexibility index (Phi) is 10.0. The van der Waals surface area contributed by atoms with Crippen LogP contribution in [0.4, 0.5) is 8.78 Å². The molecule has 1 unspecified atom stereocenters. The summed E-state index contributed by atoms with van der Waals surface area (Å²) in [6.45, 7) is 3.91. The van der Waals surface area contributed by atoms with Gasteiger partial charge in [0.05, 0.1) is 12.1 Å². The molecule has 3 aromatic rings. The number of hydrogen-bond acceptors (Lipinski definition) is 4. The van der Waals surface area contributed by atoms with Crippen LogP contribution in [0, 0.1) is 11.6 Å². The number of hydrogen-bond donors (Lipinski definition) is 2. The zero-order chi connectivity index (χ0) is 28.5. The van der Waals surface area contributed by atoms with Crippen molar-refractivity contribution in [2.24, 2.45) is 0 Å². The smallest absolute Gasteiger partial charge is 0.253 e. The molecule has 8 heteroatoms. The Hall–Kier alpha value is -3.62. The summed E-state index contributed by atoms with van der Waals surface area (Å²) in [6, 6.07) is 22.7. The van der Waals surface area contributed by atoms with Gasteiger partial charge in [0.25, 0.3) is 5.91 Å². The minimum Gasteiger partial charge on any atom is -0.395 e. The molecule has 1 heterocycles. The monoisotopic (exact) mass is 549 g/mol. The van der Waals surface area contributed by atoms with Crippen molar-refractivity contribution < 1.29 is 23.5 Å².